The smallest absolute Gasteiger partial charge is 0.340 e. The second-order valence-electron chi connectivity index (χ2n) is 3.49. The third-order valence-electron chi connectivity index (χ3n) is 2.17. The first kappa shape index (κ1) is 10.4. The fraction of sp³-hybridized carbons (Fsp3) is 0.300. The van der Waals surface area contributed by atoms with E-state index in [4.69, 9.17) is 14.9 Å². The van der Waals surface area contributed by atoms with Crippen LogP contribution in [-0.2, 0) is 0 Å². The van der Waals surface area contributed by atoms with Crippen LogP contribution in [0.15, 0.2) is 12.4 Å². The third-order valence-corrected chi connectivity index (χ3v) is 2.17. The molecule has 16 heavy (non-hydrogen) atoms. The summed E-state index contributed by atoms with van der Waals surface area (Å²) in [5.74, 6) is -2.63. The molecule has 1 fully saturated rings. The molecule has 2 N–H and O–H groups in total. The standard InChI is InChI=1S/C10H9NO5/c12-9(13)6-3-11-4-7(8(6)10(14)15)16-5-1-2-5/h3-5H,1-2H2,(H,12,13)(H,14,15). The maximum absolute atomic E-state index is 11.0. The zero-order valence-electron chi connectivity index (χ0n) is 8.21. The quantitative estimate of drug-likeness (QED) is 0.790. The van der Waals surface area contributed by atoms with Gasteiger partial charge in [0.1, 0.15) is 5.56 Å². The molecule has 0 aliphatic heterocycles. The van der Waals surface area contributed by atoms with Gasteiger partial charge >= 0.3 is 11.9 Å². The molecule has 0 bridgehead atoms. The van der Waals surface area contributed by atoms with Crippen LogP contribution in [-0.4, -0.2) is 33.2 Å². The van der Waals surface area contributed by atoms with Crippen LogP contribution < -0.4 is 4.74 Å². The molecule has 1 aromatic heterocycles. The van der Waals surface area contributed by atoms with E-state index in [1.807, 2.05) is 0 Å². The lowest BCUT2D eigenvalue weighted by Gasteiger charge is -2.09. The summed E-state index contributed by atoms with van der Waals surface area (Å²) < 4.78 is 5.30. The molecule has 1 heterocycles. The summed E-state index contributed by atoms with van der Waals surface area (Å²) in [4.78, 5) is 25.5. The summed E-state index contributed by atoms with van der Waals surface area (Å²) in [7, 11) is 0. The van der Waals surface area contributed by atoms with Gasteiger partial charge in [-0.25, -0.2) is 9.59 Å². The molecule has 0 unspecified atom stereocenters. The first-order chi connectivity index (χ1) is 7.59. The van der Waals surface area contributed by atoms with Crippen LogP contribution in [0, 0.1) is 0 Å². The number of hydrogen-bond acceptors (Lipinski definition) is 4. The average molecular weight is 223 g/mol. The number of nitrogens with zero attached hydrogens (tertiary/aromatic N) is 1. The topological polar surface area (TPSA) is 96.7 Å². The van der Waals surface area contributed by atoms with E-state index in [2.05, 4.69) is 4.98 Å². The Morgan fingerprint density at radius 1 is 1.25 bits per heavy atom. The molecule has 1 saturated carbocycles. The van der Waals surface area contributed by atoms with Gasteiger partial charge < -0.3 is 14.9 Å². The Kier molecular flexibility index (Phi) is 2.47. The summed E-state index contributed by atoms with van der Waals surface area (Å²) in [5, 5.41) is 17.8. The summed E-state index contributed by atoms with van der Waals surface area (Å²) in [6.45, 7) is 0. The van der Waals surface area contributed by atoms with Crippen molar-refractivity contribution < 1.29 is 24.5 Å². The number of carbonyl (C=O) groups is 2. The minimum absolute atomic E-state index is 0.0102. The highest BCUT2D eigenvalue weighted by Gasteiger charge is 2.28. The van der Waals surface area contributed by atoms with Gasteiger partial charge in [0.05, 0.1) is 17.9 Å². The maximum atomic E-state index is 11.0. The molecule has 1 aliphatic rings. The summed E-state index contributed by atoms with van der Waals surface area (Å²) >= 11 is 0. The van der Waals surface area contributed by atoms with Crippen molar-refractivity contribution in [3.63, 3.8) is 0 Å². The van der Waals surface area contributed by atoms with Gasteiger partial charge in [-0.1, -0.05) is 0 Å². The fourth-order valence-electron chi connectivity index (χ4n) is 1.28. The van der Waals surface area contributed by atoms with Crippen molar-refractivity contribution >= 4 is 11.9 Å². The van der Waals surface area contributed by atoms with Crippen molar-refractivity contribution in [3.8, 4) is 5.75 Å². The molecule has 0 spiro atoms. The second kappa shape index (κ2) is 3.80. The molecule has 1 aromatic rings. The monoisotopic (exact) mass is 223 g/mol. The van der Waals surface area contributed by atoms with Crippen LogP contribution in [0.4, 0.5) is 0 Å². The first-order valence-electron chi connectivity index (χ1n) is 4.71. The van der Waals surface area contributed by atoms with Crippen molar-refractivity contribution in [1.29, 1.82) is 0 Å². The third kappa shape index (κ3) is 1.95. The van der Waals surface area contributed by atoms with Crippen LogP contribution >= 0.6 is 0 Å². The van der Waals surface area contributed by atoms with Gasteiger partial charge in [0, 0.05) is 6.20 Å². The Balaban J connectivity index is 2.45. The molecule has 84 valence electrons. The molecule has 0 atom stereocenters. The average Bonchev–Trinajstić information content (AvgIpc) is 3.00. The lowest BCUT2D eigenvalue weighted by Crippen LogP contribution is -2.12. The summed E-state index contributed by atoms with van der Waals surface area (Å²) in [6.07, 6.45) is 3.94. The van der Waals surface area contributed by atoms with Gasteiger partial charge in [0.2, 0.25) is 0 Å². The van der Waals surface area contributed by atoms with Crippen molar-refractivity contribution in [2.24, 2.45) is 0 Å². The second-order valence-corrected chi connectivity index (χ2v) is 3.49. The Bertz CT molecular complexity index is 453. The van der Waals surface area contributed by atoms with Crippen LogP contribution in [0.5, 0.6) is 5.75 Å². The van der Waals surface area contributed by atoms with E-state index >= 15 is 0 Å². The van der Waals surface area contributed by atoms with E-state index in [0.29, 0.717) is 0 Å². The molecule has 1 aliphatic carbocycles. The molecule has 6 nitrogen and oxygen atoms in total. The van der Waals surface area contributed by atoms with Gasteiger partial charge in [-0.3, -0.25) is 4.98 Å². The van der Waals surface area contributed by atoms with Gasteiger partial charge in [-0.05, 0) is 12.8 Å². The fourth-order valence-corrected chi connectivity index (χ4v) is 1.28. The van der Waals surface area contributed by atoms with Gasteiger partial charge in [-0.15, -0.1) is 0 Å². The van der Waals surface area contributed by atoms with Crippen LogP contribution in [0.1, 0.15) is 33.6 Å². The van der Waals surface area contributed by atoms with Crippen molar-refractivity contribution in [2.45, 2.75) is 18.9 Å². The molecule has 6 heteroatoms. The van der Waals surface area contributed by atoms with E-state index in [9.17, 15) is 9.59 Å². The predicted molar refractivity (Wildman–Crippen MR) is 51.8 cm³/mol. The van der Waals surface area contributed by atoms with Crippen molar-refractivity contribution in [3.05, 3.63) is 23.5 Å². The lowest BCUT2D eigenvalue weighted by molar-refractivity contribution is 0.0646. The molecule has 0 aromatic carbocycles. The maximum Gasteiger partial charge on any atom is 0.340 e. The largest absolute Gasteiger partial charge is 0.488 e. The number of pyridine rings is 1. The molecular formula is C10H9NO5. The Labute approximate surface area is 90.5 Å². The van der Waals surface area contributed by atoms with E-state index < -0.39 is 11.9 Å². The molecule has 0 radical (unpaired) electrons. The van der Waals surface area contributed by atoms with Gasteiger partial charge in [0.15, 0.2) is 5.75 Å². The van der Waals surface area contributed by atoms with Crippen molar-refractivity contribution in [2.75, 3.05) is 0 Å². The minimum atomic E-state index is -1.33. The zero-order chi connectivity index (χ0) is 11.7. The van der Waals surface area contributed by atoms with Crippen molar-refractivity contribution in [1.82, 2.24) is 4.98 Å². The van der Waals surface area contributed by atoms with Crippen LogP contribution in [0.2, 0.25) is 0 Å². The number of rotatable bonds is 4. The highest BCUT2D eigenvalue weighted by molar-refractivity contribution is 6.03. The van der Waals surface area contributed by atoms with E-state index in [1.54, 1.807) is 0 Å². The van der Waals surface area contributed by atoms with Crippen LogP contribution in [0.3, 0.4) is 0 Å². The Hall–Kier alpha value is -2.11. The Morgan fingerprint density at radius 2 is 1.94 bits per heavy atom. The lowest BCUT2D eigenvalue weighted by atomic mass is 10.1. The molecular weight excluding hydrogens is 214 g/mol. The minimum Gasteiger partial charge on any atom is -0.488 e. The summed E-state index contributed by atoms with van der Waals surface area (Å²) in [5.41, 5.74) is -0.694. The normalized spacial score (nSPS) is 14.5. The van der Waals surface area contributed by atoms with Gasteiger partial charge in [0.25, 0.3) is 0 Å². The van der Waals surface area contributed by atoms with E-state index in [1.165, 1.54) is 6.20 Å². The first-order valence-corrected chi connectivity index (χ1v) is 4.71. The number of hydrogen-bond donors (Lipinski definition) is 2. The van der Waals surface area contributed by atoms with E-state index in [-0.39, 0.29) is 23.0 Å². The number of carboxylic acids is 2. The Morgan fingerprint density at radius 3 is 2.44 bits per heavy atom. The predicted octanol–water partition coefficient (Wildman–Crippen LogP) is 1.02. The summed E-state index contributed by atoms with van der Waals surface area (Å²) in [6, 6.07) is 0. The number of ether oxygens (including phenoxy) is 1. The molecule has 0 saturated heterocycles. The molecule has 2 rings (SSSR count). The number of aromatic carboxylic acids is 2. The number of aromatic nitrogens is 1. The highest BCUT2D eigenvalue weighted by Crippen LogP contribution is 2.30. The highest BCUT2D eigenvalue weighted by atomic mass is 16.5. The molecule has 0 amide bonds. The van der Waals surface area contributed by atoms with Gasteiger partial charge in [-0.2, -0.15) is 0 Å². The van der Waals surface area contributed by atoms with E-state index in [0.717, 1.165) is 19.0 Å². The number of carboxylic acid groups (broad SMARTS) is 2. The van der Waals surface area contributed by atoms with Crippen LogP contribution in [0.25, 0.3) is 0 Å². The zero-order valence-corrected chi connectivity index (χ0v) is 8.21. The SMILES string of the molecule is O=C(O)c1cncc(OC2CC2)c1C(=O)O.